The topological polar surface area (TPSA) is 61.4 Å². The van der Waals surface area contributed by atoms with Crippen LogP contribution in [0.2, 0.25) is 0 Å². The lowest BCUT2D eigenvalue weighted by Gasteiger charge is -2.26. The molecule has 22 heavy (non-hydrogen) atoms. The highest BCUT2D eigenvalue weighted by Crippen LogP contribution is 2.17. The third-order valence-corrected chi connectivity index (χ3v) is 3.40. The third kappa shape index (κ3) is 4.98. The highest BCUT2D eigenvalue weighted by atomic mass is 19.3. The van der Waals surface area contributed by atoms with E-state index < -0.39 is 19.0 Å². The van der Waals surface area contributed by atoms with E-state index in [1.165, 1.54) is 0 Å². The number of urea groups is 1. The monoisotopic (exact) mass is 311 g/mol. The van der Waals surface area contributed by atoms with Crippen LogP contribution in [0.4, 0.5) is 19.3 Å². The molecule has 5 nitrogen and oxygen atoms in total. The molecule has 0 spiro atoms. The average molecular weight is 311 g/mol. The molecule has 0 atom stereocenters. The summed E-state index contributed by atoms with van der Waals surface area (Å²) >= 11 is 0. The number of amides is 3. The van der Waals surface area contributed by atoms with Gasteiger partial charge in [-0.15, -0.1) is 0 Å². The van der Waals surface area contributed by atoms with Crippen LogP contribution in [0.25, 0.3) is 0 Å². The van der Waals surface area contributed by atoms with Crippen LogP contribution in [0, 0.1) is 0 Å². The second kappa shape index (κ2) is 7.72. The first-order chi connectivity index (χ1) is 10.5. The smallest absolute Gasteiger partial charge is 0.319 e. The Kier molecular flexibility index (Phi) is 5.68. The molecule has 0 bridgehead atoms. The van der Waals surface area contributed by atoms with Crippen molar-refractivity contribution in [1.82, 2.24) is 10.2 Å². The third-order valence-electron chi connectivity index (χ3n) is 3.40. The summed E-state index contributed by atoms with van der Waals surface area (Å²) in [7, 11) is 0. The number of anilines is 1. The van der Waals surface area contributed by atoms with Gasteiger partial charge in [0.2, 0.25) is 5.91 Å². The highest BCUT2D eigenvalue weighted by Gasteiger charge is 2.18. The highest BCUT2D eigenvalue weighted by molar-refractivity contribution is 5.89. The van der Waals surface area contributed by atoms with Crippen molar-refractivity contribution in [2.45, 2.75) is 32.2 Å². The number of nitrogens with one attached hydrogen (secondary N) is 2. The quantitative estimate of drug-likeness (QED) is 0.878. The summed E-state index contributed by atoms with van der Waals surface area (Å²) in [6.07, 6.45) is -0.0724. The predicted molar refractivity (Wildman–Crippen MR) is 78.7 cm³/mol. The predicted octanol–water partition coefficient (Wildman–Crippen LogP) is 2.59. The van der Waals surface area contributed by atoms with Gasteiger partial charge < -0.3 is 15.5 Å². The van der Waals surface area contributed by atoms with Gasteiger partial charge in [0.05, 0.1) is 6.54 Å². The van der Waals surface area contributed by atoms with Crippen LogP contribution in [0.5, 0.6) is 0 Å². The summed E-state index contributed by atoms with van der Waals surface area (Å²) in [5.41, 5.74) is 1.40. The fourth-order valence-corrected chi connectivity index (χ4v) is 2.34. The van der Waals surface area contributed by atoms with Gasteiger partial charge in [-0.1, -0.05) is 12.1 Å². The molecule has 1 aliphatic heterocycles. The lowest BCUT2D eigenvalue weighted by Crippen LogP contribution is -2.34. The molecule has 3 amide bonds. The molecule has 1 aromatic carbocycles. The molecule has 1 heterocycles. The molecule has 7 heteroatoms. The number of halogens is 2. The molecule has 120 valence electrons. The lowest BCUT2D eigenvalue weighted by molar-refractivity contribution is -0.133. The summed E-state index contributed by atoms with van der Waals surface area (Å²) in [6.45, 7) is 0.548. The number of benzene rings is 1. The first-order valence-electron chi connectivity index (χ1n) is 7.24. The molecular formula is C15H19F2N3O2. The molecule has 2 rings (SSSR count). The van der Waals surface area contributed by atoms with Crippen molar-refractivity contribution in [1.29, 1.82) is 0 Å². The van der Waals surface area contributed by atoms with Crippen LogP contribution < -0.4 is 10.6 Å². The van der Waals surface area contributed by atoms with E-state index in [4.69, 9.17) is 0 Å². The summed E-state index contributed by atoms with van der Waals surface area (Å²) in [6, 6.07) is 6.36. The molecule has 0 aliphatic carbocycles. The van der Waals surface area contributed by atoms with Crippen molar-refractivity contribution in [2.75, 3.05) is 18.4 Å². The van der Waals surface area contributed by atoms with E-state index in [1.54, 1.807) is 23.1 Å². The van der Waals surface area contributed by atoms with Crippen LogP contribution >= 0.6 is 0 Å². The molecule has 0 radical (unpaired) electrons. The maximum Gasteiger partial charge on any atom is 0.319 e. The zero-order valence-electron chi connectivity index (χ0n) is 12.1. The van der Waals surface area contributed by atoms with E-state index >= 15 is 0 Å². The Morgan fingerprint density at radius 2 is 2.14 bits per heavy atom. The van der Waals surface area contributed by atoms with Crippen molar-refractivity contribution in [3.8, 4) is 0 Å². The molecule has 1 fully saturated rings. The van der Waals surface area contributed by atoms with Gasteiger partial charge in [-0.2, -0.15) is 0 Å². The van der Waals surface area contributed by atoms with E-state index in [0.717, 1.165) is 24.9 Å². The Hall–Kier alpha value is -2.18. The van der Waals surface area contributed by atoms with Crippen LogP contribution in [-0.4, -0.2) is 36.4 Å². The largest absolute Gasteiger partial charge is 0.338 e. The molecular weight excluding hydrogens is 292 g/mol. The minimum atomic E-state index is -2.58. The van der Waals surface area contributed by atoms with Gasteiger partial charge in [0.1, 0.15) is 0 Å². The first kappa shape index (κ1) is 16.2. The Morgan fingerprint density at radius 3 is 2.86 bits per heavy atom. The van der Waals surface area contributed by atoms with E-state index in [1.807, 2.05) is 6.07 Å². The maximum absolute atomic E-state index is 12.0. The number of piperidine rings is 1. The van der Waals surface area contributed by atoms with Crippen LogP contribution in [-0.2, 0) is 11.3 Å². The van der Waals surface area contributed by atoms with Gasteiger partial charge in [-0.25, -0.2) is 13.6 Å². The second-order valence-corrected chi connectivity index (χ2v) is 5.20. The zero-order chi connectivity index (χ0) is 15.9. The number of carbonyl (C=O) groups excluding carboxylic acids is 2. The molecule has 1 saturated heterocycles. The van der Waals surface area contributed by atoms with E-state index in [9.17, 15) is 18.4 Å². The van der Waals surface area contributed by atoms with Crippen LogP contribution in [0.1, 0.15) is 24.8 Å². The number of likely N-dealkylation sites (tertiary alicyclic amines) is 1. The summed E-state index contributed by atoms with van der Waals surface area (Å²) in [5.74, 6) is 0.138. The number of alkyl halides is 2. The molecule has 1 aromatic rings. The van der Waals surface area contributed by atoms with Crippen molar-refractivity contribution >= 4 is 17.6 Å². The SMILES string of the molecule is O=C(NCC(F)F)Nc1cccc(CN2CCCCC2=O)c1. The zero-order valence-corrected chi connectivity index (χ0v) is 12.1. The van der Waals surface area contributed by atoms with Gasteiger partial charge in [0.25, 0.3) is 6.43 Å². The molecule has 0 unspecified atom stereocenters. The Bertz CT molecular complexity index is 537. The van der Waals surface area contributed by atoms with Gasteiger partial charge in [-0.3, -0.25) is 4.79 Å². The van der Waals surface area contributed by atoms with E-state index in [-0.39, 0.29) is 5.91 Å². The molecule has 1 aliphatic rings. The second-order valence-electron chi connectivity index (χ2n) is 5.20. The fourth-order valence-electron chi connectivity index (χ4n) is 2.34. The van der Waals surface area contributed by atoms with Gasteiger partial charge in [-0.05, 0) is 30.5 Å². The Labute approximate surface area is 127 Å². The lowest BCUT2D eigenvalue weighted by atomic mass is 10.1. The number of nitrogens with zero attached hydrogens (tertiary/aromatic N) is 1. The van der Waals surface area contributed by atoms with Crippen LogP contribution in [0.3, 0.4) is 0 Å². The first-order valence-corrected chi connectivity index (χ1v) is 7.24. The Balaban J connectivity index is 1.91. The normalized spacial score (nSPS) is 15.0. The van der Waals surface area contributed by atoms with Crippen LogP contribution in [0.15, 0.2) is 24.3 Å². The fraction of sp³-hybridized carbons (Fsp3) is 0.467. The van der Waals surface area contributed by atoms with Gasteiger partial charge in [0.15, 0.2) is 0 Å². The van der Waals surface area contributed by atoms with E-state index in [0.29, 0.717) is 18.7 Å². The molecule has 0 aromatic heterocycles. The summed E-state index contributed by atoms with van der Waals surface area (Å²) < 4.78 is 24.0. The van der Waals surface area contributed by atoms with Gasteiger partial charge in [0, 0.05) is 25.2 Å². The Morgan fingerprint density at radius 1 is 1.32 bits per heavy atom. The molecule has 2 N–H and O–H groups in total. The number of carbonyl (C=O) groups is 2. The average Bonchev–Trinajstić information content (AvgIpc) is 2.48. The van der Waals surface area contributed by atoms with E-state index in [2.05, 4.69) is 10.6 Å². The van der Waals surface area contributed by atoms with Crippen molar-refractivity contribution < 1.29 is 18.4 Å². The van der Waals surface area contributed by atoms with Crippen molar-refractivity contribution in [3.63, 3.8) is 0 Å². The minimum absolute atomic E-state index is 0.138. The van der Waals surface area contributed by atoms with Gasteiger partial charge >= 0.3 is 6.03 Å². The van der Waals surface area contributed by atoms with Crippen molar-refractivity contribution in [3.05, 3.63) is 29.8 Å². The standard InChI is InChI=1S/C15H19F2N3O2/c16-13(17)9-18-15(22)19-12-5-3-4-11(8-12)10-20-7-2-1-6-14(20)21/h3-5,8,13H,1-2,6-7,9-10H2,(H2,18,19,22). The number of hydrogen-bond donors (Lipinski definition) is 2. The number of rotatable bonds is 5. The molecule has 0 saturated carbocycles. The van der Waals surface area contributed by atoms with Crippen molar-refractivity contribution in [2.24, 2.45) is 0 Å². The number of hydrogen-bond acceptors (Lipinski definition) is 2. The maximum atomic E-state index is 12.0. The minimum Gasteiger partial charge on any atom is -0.338 e. The summed E-state index contributed by atoms with van der Waals surface area (Å²) in [4.78, 5) is 25.0. The summed E-state index contributed by atoms with van der Waals surface area (Å²) in [5, 5.41) is 4.57.